The number of ether oxygens (including phenoxy) is 1. The second kappa shape index (κ2) is 6.60. The van der Waals surface area contributed by atoms with Gasteiger partial charge in [0.1, 0.15) is 6.61 Å². The van der Waals surface area contributed by atoms with Crippen molar-refractivity contribution in [3.05, 3.63) is 35.9 Å². The highest BCUT2D eigenvalue weighted by Gasteiger charge is 2.35. The van der Waals surface area contributed by atoms with Crippen molar-refractivity contribution in [1.29, 1.82) is 0 Å². The number of carbonyl (C=O) groups excluding carboxylic acids is 1. The Bertz CT molecular complexity index is 404. The van der Waals surface area contributed by atoms with Crippen LogP contribution in [0, 0.1) is 11.8 Å². The smallest absolute Gasteiger partial charge is 0.410 e. The fourth-order valence-electron chi connectivity index (χ4n) is 2.27. The Morgan fingerprint density at radius 2 is 2.05 bits per heavy atom. The number of rotatable bonds is 6. The van der Waals surface area contributed by atoms with Gasteiger partial charge in [0.05, 0.1) is 0 Å². The number of nitrogens with zero attached hydrogens (tertiary/aromatic N) is 1. The van der Waals surface area contributed by atoms with E-state index in [0.29, 0.717) is 12.5 Å². The van der Waals surface area contributed by atoms with Crippen LogP contribution < -0.4 is 0 Å². The summed E-state index contributed by atoms with van der Waals surface area (Å²) in [4.78, 5) is 13.9. The number of hydrogen-bond acceptors (Lipinski definition) is 2. The molecule has 0 bridgehead atoms. The molecule has 1 aliphatic carbocycles. The summed E-state index contributed by atoms with van der Waals surface area (Å²) in [5.41, 5.74) is 1.03. The van der Waals surface area contributed by atoms with Gasteiger partial charge in [-0.2, -0.15) is 0 Å². The van der Waals surface area contributed by atoms with Crippen molar-refractivity contribution in [2.24, 2.45) is 11.8 Å². The van der Waals surface area contributed by atoms with Crippen LogP contribution in [0.5, 0.6) is 0 Å². The average molecular weight is 261 g/mol. The van der Waals surface area contributed by atoms with E-state index in [0.717, 1.165) is 31.0 Å². The van der Waals surface area contributed by atoms with Gasteiger partial charge < -0.3 is 9.64 Å². The topological polar surface area (TPSA) is 29.5 Å². The van der Waals surface area contributed by atoms with Crippen molar-refractivity contribution in [2.75, 3.05) is 13.1 Å². The third-order valence-corrected chi connectivity index (χ3v) is 3.69. The molecule has 0 saturated heterocycles. The lowest BCUT2D eigenvalue weighted by atomic mass is 10.2. The SMILES string of the molecule is CCCN(CC1CC1C)C(=O)OCc1ccccc1. The molecule has 1 aromatic carbocycles. The summed E-state index contributed by atoms with van der Waals surface area (Å²) >= 11 is 0. The van der Waals surface area contributed by atoms with Gasteiger partial charge >= 0.3 is 6.09 Å². The number of benzene rings is 1. The van der Waals surface area contributed by atoms with Crippen LogP contribution in [0.2, 0.25) is 0 Å². The van der Waals surface area contributed by atoms with E-state index in [1.807, 2.05) is 35.2 Å². The van der Waals surface area contributed by atoms with Crippen LogP contribution in [0.1, 0.15) is 32.3 Å². The van der Waals surface area contributed by atoms with Crippen LogP contribution in [0.25, 0.3) is 0 Å². The fraction of sp³-hybridized carbons (Fsp3) is 0.562. The number of carbonyl (C=O) groups is 1. The Hall–Kier alpha value is -1.51. The van der Waals surface area contributed by atoms with Crippen LogP contribution in [0.3, 0.4) is 0 Å². The molecule has 104 valence electrons. The highest BCUT2D eigenvalue weighted by atomic mass is 16.6. The van der Waals surface area contributed by atoms with E-state index in [2.05, 4.69) is 13.8 Å². The molecule has 1 amide bonds. The second-order valence-electron chi connectivity index (χ2n) is 5.46. The van der Waals surface area contributed by atoms with Gasteiger partial charge in [0.25, 0.3) is 0 Å². The quantitative estimate of drug-likeness (QED) is 0.781. The predicted octanol–water partition coefficient (Wildman–Crippen LogP) is 3.69. The van der Waals surface area contributed by atoms with Gasteiger partial charge in [-0.1, -0.05) is 44.2 Å². The van der Waals surface area contributed by atoms with Gasteiger partial charge in [0.2, 0.25) is 0 Å². The van der Waals surface area contributed by atoms with Gasteiger partial charge in [-0.3, -0.25) is 0 Å². The van der Waals surface area contributed by atoms with Gasteiger partial charge in [0.15, 0.2) is 0 Å². The van der Waals surface area contributed by atoms with Crippen molar-refractivity contribution in [3.8, 4) is 0 Å². The Balaban J connectivity index is 1.81. The number of hydrogen-bond donors (Lipinski definition) is 0. The molecule has 0 spiro atoms. The Morgan fingerprint density at radius 3 is 2.63 bits per heavy atom. The van der Waals surface area contributed by atoms with Crippen LogP contribution in [0.4, 0.5) is 4.79 Å². The molecule has 2 unspecified atom stereocenters. The molecule has 3 heteroatoms. The van der Waals surface area contributed by atoms with Gasteiger partial charge in [-0.05, 0) is 30.2 Å². The Kier molecular flexibility index (Phi) is 4.83. The molecular weight excluding hydrogens is 238 g/mol. The number of amides is 1. The second-order valence-corrected chi connectivity index (χ2v) is 5.46. The maximum atomic E-state index is 12.1. The lowest BCUT2D eigenvalue weighted by Gasteiger charge is -2.21. The molecule has 1 aliphatic rings. The minimum atomic E-state index is -0.176. The van der Waals surface area contributed by atoms with Crippen LogP contribution in [0.15, 0.2) is 30.3 Å². The molecule has 1 fully saturated rings. The molecule has 0 radical (unpaired) electrons. The van der Waals surface area contributed by atoms with Crippen molar-refractivity contribution < 1.29 is 9.53 Å². The highest BCUT2D eigenvalue weighted by Crippen LogP contribution is 2.38. The molecule has 3 nitrogen and oxygen atoms in total. The Labute approximate surface area is 115 Å². The maximum absolute atomic E-state index is 12.1. The molecule has 2 rings (SSSR count). The summed E-state index contributed by atoms with van der Waals surface area (Å²) in [6, 6.07) is 9.82. The minimum Gasteiger partial charge on any atom is -0.445 e. The monoisotopic (exact) mass is 261 g/mol. The average Bonchev–Trinajstić information content (AvgIpc) is 3.12. The van der Waals surface area contributed by atoms with E-state index in [9.17, 15) is 4.79 Å². The van der Waals surface area contributed by atoms with Crippen molar-refractivity contribution >= 4 is 6.09 Å². The highest BCUT2D eigenvalue weighted by molar-refractivity contribution is 5.67. The molecular formula is C16H23NO2. The van der Waals surface area contributed by atoms with Gasteiger partial charge in [0, 0.05) is 13.1 Å². The lowest BCUT2D eigenvalue weighted by molar-refractivity contribution is 0.0940. The van der Waals surface area contributed by atoms with E-state index in [1.165, 1.54) is 6.42 Å². The molecule has 1 aromatic rings. The molecule has 1 saturated carbocycles. The van der Waals surface area contributed by atoms with Crippen molar-refractivity contribution in [1.82, 2.24) is 4.90 Å². The van der Waals surface area contributed by atoms with Gasteiger partial charge in [-0.15, -0.1) is 0 Å². The van der Waals surface area contributed by atoms with E-state index in [-0.39, 0.29) is 6.09 Å². The normalized spacial score (nSPS) is 20.9. The summed E-state index contributed by atoms with van der Waals surface area (Å²) in [7, 11) is 0. The molecule has 0 heterocycles. The Morgan fingerprint density at radius 1 is 1.37 bits per heavy atom. The molecule has 19 heavy (non-hydrogen) atoms. The zero-order chi connectivity index (χ0) is 13.7. The molecule has 2 atom stereocenters. The van der Waals surface area contributed by atoms with E-state index >= 15 is 0 Å². The summed E-state index contributed by atoms with van der Waals surface area (Å²) < 4.78 is 5.39. The van der Waals surface area contributed by atoms with Crippen LogP contribution in [-0.4, -0.2) is 24.1 Å². The summed E-state index contributed by atoms with van der Waals surface area (Å²) in [5, 5.41) is 0. The predicted molar refractivity (Wildman–Crippen MR) is 75.8 cm³/mol. The third kappa shape index (κ3) is 4.27. The first-order valence-corrected chi connectivity index (χ1v) is 7.16. The van der Waals surface area contributed by atoms with Crippen molar-refractivity contribution in [3.63, 3.8) is 0 Å². The van der Waals surface area contributed by atoms with E-state index in [4.69, 9.17) is 4.74 Å². The zero-order valence-electron chi connectivity index (χ0n) is 11.8. The molecule has 0 aliphatic heterocycles. The molecule has 0 N–H and O–H groups in total. The van der Waals surface area contributed by atoms with Crippen LogP contribution >= 0.6 is 0 Å². The molecule has 0 aromatic heterocycles. The fourth-order valence-corrected chi connectivity index (χ4v) is 2.27. The maximum Gasteiger partial charge on any atom is 0.410 e. The summed E-state index contributed by atoms with van der Waals surface area (Å²) in [5.74, 6) is 1.44. The van der Waals surface area contributed by atoms with E-state index < -0.39 is 0 Å². The van der Waals surface area contributed by atoms with E-state index in [1.54, 1.807) is 0 Å². The summed E-state index contributed by atoms with van der Waals surface area (Å²) in [6.07, 6.45) is 2.04. The summed E-state index contributed by atoms with van der Waals surface area (Å²) in [6.45, 7) is 6.33. The minimum absolute atomic E-state index is 0.176. The largest absolute Gasteiger partial charge is 0.445 e. The van der Waals surface area contributed by atoms with Crippen LogP contribution in [-0.2, 0) is 11.3 Å². The lowest BCUT2D eigenvalue weighted by Crippen LogP contribution is -2.34. The van der Waals surface area contributed by atoms with Crippen molar-refractivity contribution in [2.45, 2.75) is 33.3 Å². The first-order chi connectivity index (χ1) is 9.20. The zero-order valence-corrected chi connectivity index (χ0v) is 11.8. The van der Waals surface area contributed by atoms with Gasteiger partial charge in [-0.25, -0.2) is 4.79 Å². The first-order valence-electron chi connectivity index (χ1n) is 7.16. The third-order valence-electron chi connectivity index (χ3n) is 3.69. The first kappa shape index (κ1) is 13.9. The standard InChI is InChI=1S/C16H23NO2/c1-3-9-17(11-15-10-13(15)2)16(18)19-12-14-7-5-4-6-8-14/h4-8,13,15H,3,9-12H2,1-2H3.